The number of rotatable bonds is 1. The van der Waals surface area contributed by atoms with Crippen LogP contribution in [0.5, 0.6) is 0 Å². The quantitative estimate of drug-likeness (QED) is 0.770. The van der Waals surface area contributed by atoms with Crippen molar-refractivity contribution in [2.24, 2.45) is 33.5 Å². The first-order chi connectivity index (χ1) is 11.1. The highest BCUT2D eigenvalue weighted by molar-refractivity contribution is 5.89. The molecule has 4 fully saturated rings. The number of carbonyl (C=O) groups excluding carboxylic acids is 1. The van der Waals surface area contributed by atoms with Crippen molar-refractivity contribution in [3.8, 4) is 0 Å². The van der Waals surface area contributed by atoms with E-state index in [1.807, 2.05) is 6.92 Å². The number of aliphatic hydroxyl groups is 1. The van der Waals surface area contributed by atoms with Crippen molar-refractivity contribution in [2.45, 2.75) is 78.2 Å². The smallest absolute Gasteiger partial charge is 0.309 e. The maximum Gasteiger partial charge on any atom is 0.309 e. The predicted molar refractivity (Wildman–Crippen MR) is 89.3 cm³/mol. The Kier molecular flexibility index (Phi) is 3.19. The molecule has 4 saturated carbocycles. The van der Waals surface area contributed by atoms with Crippen LogP contribution in [0.4, 0.5) is 0 Å². The first-order valence-electron chi connectivity index (χ1n) is 9.53. The van der Waals surface area contributed by atoms with Gasteiger partial charge in [0, 0.05) is 17.3 Å². The van der Waals surface area contributed by atoms with Crippen molar-refractivity contribution in [2.75, 3.05) is 0 Å². The van der Waals surface area contributed by atoms with Gasteiger partial charge in [-0.3, -0.25) is 9.59 Å². The van der Waals surface area contributed by atoms with Crippen molar-refractivity contribution >= 4 is 11.8 Å². The van der Waals surface area contributed by atoms with E-state index >= 15 is 0 Å². The van der Waals surface area contributed by atoms with Gasteiger partial charge in [0.2, 0.25) is 0 Å². The fourth-order valence-corrected chi connectivity index (χ4v) is 7.54. The van der Waals surface area contributed by atoms with Gasteiger partial charge in [-0.25, -0.2) is 0 Å². The van der Waals surface area contributed by atoms with Gasteiger partial charge in [0.1, 0.15) is 5.78 Å². The number of carbonyl (C=O) groups is 2. The first kappa shape index (κ1) is 16.6. The van der Waals surface area contributed by atoms with E-state index in [-0.39, 0.29) is 23.0 Å². The van der Waals surface area contributed by atoms with Gasteiger partial charge in [-0.15, -0.1) is 0 Å². The molecule has 1 spiro atoms. The lowest BCUT2D eigenvalue weighted by Crippen LogP contribution is -2.66. The molecule has 0 aromatic heterocycles. The van der Waals surface area contributed by atoms with E-state index in [0.717, 1.165) is 32.1 Å². The van der Waals surface area contributed by atoms with Gasteiger partial charge >= 0.3 is 5.97 Å². The van der Waals surface area contributed by atoms with Crippen LogP contribution >= 0.6 is 0 Å². The second-order valence-electron chi connectivity index (χ2n) is 10.0. The third-order valence-electron chi connectivity index (χ3n) is 8.98. The molecule has 4 rings (SSSR count). The summed E-state index contributed by atoms with van der Waals surface area (Å²) in [4.78, 5) is 25.2. The summed E-state index contributed by atoms with van der Waals surface area (Å²) in [6, 6.07) is 0. The fraction of sp³-hybridized carbons (Fsp3) is 0.900. The Morgan fingerprint density at radius 1 is 1.08 bits per heavy atom. The van der Waals surface area contributed by atoms with Crippen molar-refractivity contribution in [1.29, 1.82) is 0 Å². The third-order valence-corrected chi connectivity index (χ3v) is 8.98. The molecule has 24 heavy (non-hydrogen) atoms. The van der Waals surface area contributed by atoms with Gasteiger partial charge in [-0.2, -0.15) is 0 Å². The molecule has 0 aromatic carbocycles. The van der Waals surface area contributed by atoms with E-state index in [0.29, 0.717) is 24.7 Å². The maximum absolute atomic E-state index is 13.1. The Hall–Kier alpha value is -0.900. The molecule has 0 radical (unpaired) electrons. The molecular weight excluding hydrogens is 304 g/mol. The number of Topliss-reactive ketones (excluding diaryl/α,β-unsaturated/α-hetero) is 1. The van der Waals surface area contributed by atoms with E-state index in [4.69, 9.17) is 0 Å². The van der Waals surface area contributed by atoms with Crippen LogP contribution in [0.2, 0.25) is 0 Å². The summed E-state index contributed by atoms with van der Waals surface area (Å²) < 4.78 is 0. The first-order valence-corrected chi connectivity index (χ1v) is 9.53. The lowest BCUT2D eigenvalue weighted by molar-refractivity contribution is -0.208. The second-order valence-corrected chi connectivity index (χ2v) is 10.0. The minimum atomic E-state index is -0.898. The van der Waals surface area contributed by atoms with E-state index in [1.165, 1.54) is 0 Å². The van der Waals surface area contributed by atoms with Gasteiger partial charge in [0.05, 0.1) is 11.5 Å². The highest BCUT2D eigenvalue weighted by Gasteiger charge is 2.71. The van der Waals surface area contributed by atoms with E-state index in [9.17, 15) is 19.8 Å². The molecule has 134 valence electrons. The van der Waals surface area contributed by atoms with Crippen LogP contribution < -0.4 is 0 Å². The molecule has 4 nitrogen and oxygen atoms in total. The Morgan fingerprint density at radius 3 is 2.46 bits per heavy atom. The summed E-state index contributed by atoms with van der Waals surface area (Å²) >= 11 is 0. The number of aliphatic carboxylic acids is 1. The van der Waals surface area contributed by atoms with Crippen LogP contribution in [0.25, 0.3) is 0 Å². The van der Waals surface area contributed by atoms with Crippen LogP contribution in [0.3, 0.4) is 0 Å². The zero-order valence-electron chi connectivity index (χ0n) is 15.1. The molecule has 0 aromatic rings. The molecule has 4 heteroatoms. The van der Waals surface area contributed by atoms with Crippen molar-refractivity contribution in [3.63, 3.8) is 0 Å². The van der Waals surface area contributed by atoms with Gasteiger partial charge in [0.15, 0.2) is 0 Å². The van der Waals surface area contributed by atoms with Gasteiger partial charge in [-0.05, 0) is 69.1 Å². The number of carboxylic acid groups (broad SMARTS) is 1. The normalized spacial score (nSPS) is 56.5. The Bertz CT molecular complexity index is 615. The second kappa shape index (κ2) is 4.63. The molecule has 0 aliphatic heterocycles. The fourth-order valence-electron chi connectivity index (χ4n) is 7.54. The number of hydrogen-bond acceptors (Lipinski definition) is 3. The molecule has 2 N–H and O–H groups in total. The van der Waals surface area contributed by atoms with E-state index in [1.54, 1.807) is 6.92 Å². The monoisotopic (exact) mass is 334 g/mol. The summed E-state index contributed by atoms with van der Waals surface area (Å²) in [5.41, 5.74) is -1.35. The average molecular weight is 334 g/mol. The molecule has 2 bridgehead atoms. The number of ketones is 1. The van der Waals surface area contributed by atoms with Gasteiger partial charge in [-0.1, -0.05) is 13.8 Å². The number of hydrogen-bond donors (Lipinski definition) is 2. The molecule has 7 atom stereocenters. The summed E-state index contributed by atoms with van der Waals surface area (Å²) in [5.74, 6) is -0.667. The topological polar surface area (TPSA) is 74.6 Å². The van der Waals surface area contributed by atoms with Crippen LogP contribution in [0.1, 0.15) is 72.1 Å². The van der Waals surface area contributed by atoms with Gasteiger partial charge < -0.3 is 10.2 Å². The van der Waals surface area contributed by atoms with E-state index < -0.39 is 22.9 Å². The highest BCUT2D eigenvalue weighted by atomic mass is 16.4. The Morgan fingerprint density at radius 2 is 1.79 bits per heavy atom. The van der Waals surface area contributed by atoms with Crippen molar-refractivity contribution in [1.82, 2.24) is 0 Å². The molecule has 4 aliphatic carbocycles. The summed E-state index contributed by atoms with van der Waals surface area (Å²) in [7, 11) is 0. The SMILES string of the molecule is C[C@@]12CC[C@@H]3[C@@](CC1)(C2)[C@@H](O)C[C@H]1[C@@]3(C)C(=O)CC[C@@]1(C)C(=O)O. The average Bonchev–Trinajstić information content (AvgIpc) is 2.78. The molecular formula is C20H30O4. The van der Waals surface area contributed by atoms with Crippen molar-refractivity contribution < 1.29 is 19.8 Å². The van der Waals surface area contributed by atoms with Crippen molar-refractivity contribution in [3.05, 3.63) is 0 Å². The molecule has 0 heterocycles. The zero-order valence-corrected chi connectivity index (χ0v) is 15.1. The lowest BCUT2D eigenvalue weighted by Gasteiger charge is -2.64. The standard InChI is InChI=1S/C20H30O4/c1-17-6-4-12-19(3)13(10-15(22)20(12,11-17)9-8-17)18(2,16(23)24)7-5-14(19)21/h12-13,15,22H,4-11H2,1-3H3,(H,23,24)/t12-,13+,15-,17+,18+,19-,20+/m0/s1. The van der Waals surface area contributed by atoms with Crippen LogP contribution in [0, 0.1) is 33.5 Å². The Balaban J connectivity index is 1.84. The highest BCUT2D eigenvalue weighted by Crippen LogP contribution is 2.72. The van der Waals surface area contributed by atoms with Crippen LogP contribution in [-0.2, 0) is 9.59 Å². The zero-order chi connectivity index (χ0) is 17.5. The Labute approximate surface area is 144 Å². The van der Waals surface area contributed by atoms with Crippen LogP contribution in [-0.4, -0.2) is 28.1 Å². The third kappa shape index (κ3) is 1.73. The number of aliphatic hydroxyl groups excluding tert-OH is 1. The number of fused-ring (bicyclic) bond motifs is 3. The predicted octanol–water partition coefficient (Wildman–Crippen LogP) is 3.41. The largest absolute Gasteiger partial charge is 0.481 e. The van der Waals surface area contributed by atoms with Crippen LogP contribution in [0.15, 0.2) is 0 Å². The molecule has 0 unspecified atom stereocenters. The van der Waals surface area contributed by atoms with E-state index in [2.05, 4.69) is 6.92 Å². The minimum absolute atomic E-state index is 0.140. The lowest BCUT2D eigenvalue weighted by atomic mass is 9.39. The molecule has 0 amide bonds. The molecule has 4 aliphatic rings. The summed E-state index contributed by atoms with van der Waals surface area (Å²) in [6.45, 7) is 6.17. The van der Waals surface area contributed by atoms with Gasteiger partial charge in [0.25, 0.3) is 0 Å². The summed E-state index contributed by atoms with van der Waals surface area (Å²) in [5, 5.41) is 21.0. The maximum atomic E-state index is 13.1. The minimum Gasteiger partial charge on any atom is -0.481 e. The number of carboxylic acids is 1. The summed E-state index contributed by atoms with van der Waals surface area (Å²) in [6.07, 6.45) is 5.98. The molecule has 0 saturated heterocycles.